The van der Waals surface area contributed by atoms with Crippen molar-refractivity contribution in [3.63, 3.8) is 0 Å². The molecule has 1 aliphatic heterocycles. The van der Waals surface area contributed by atoms with Crippen molar-refractivity contribution in [3.8, 4) is 50.7 Å². The molecule has 0 radical (unpaired) electrons. The summed E-state index contributed by atoms with van der Waals surface area (Å²) in [5.74, 6) is 1.85. The maximum absolute atomic E-state index is 9.99. The highest BCUT2D eigenvalue weighted by atomic mass is 16.5. The van der Waals surface area contributed by atoms with Crippen molar-refractivity contribution in [2.24, 2.45) is 5.41 Å². The Balaban J connectivity index is 1.04. The molecule has 1 aliphatic rings. The number of rotatable bonds is 9. The van der Waals surface area contributed by atoms with Gasteiger partial charge in [0.2, 0.25) is 0 Å². The first-order valence-electron chi connectivity index (χ1n) is 27.9. The predicted molar refractivity (Wildman–Crippen MR) is 304 cm³/mol. The lowest BCUT2D eigenvalue weighted by Gasteiger charge is -2.29. The van der Waals surface area contributed by atoms with Crippen LogP contribution in [0.3, 0.4) is 0 Å². The fraction of sp³-hybridized carbons (Fsp3) is 0.209. The first-order valence-corrected chi connectivity index (χ1v) is 24.9. The zero-order valence-corrected chi connectivity index (χ0v) is 42.6. The predicted octanol–water partition coefficient (Wildman–Crippen LogP) is 18.4. The van der Waals surface area contributed by atoms with Crippen LogP contribution in [0.4, 0.5) is 22.7 Å². The van der Waals surface area contributed by atoms with Gasteiger partial charge in [-0.05, 0) is 116 Å². The second kappa shape index (κ2) is 18.1. The normalized spacial score (nSPS) is 14.4. The smallest absolute Gasteiger partial charge is 0.137 e. The molecule has 0 spiro atoms. The van der Waals surface area contributed by atoms with Crippen molar-refractivity contribution >= 4 is 44.6 Å². The standard InChI is InChI=1S/C67H64N4O/c1-65(2,3)43-45-35-36-68-63(37-45)71-59-26-14-13-23-57(59)58-34-33-54(42-62(58)71)72-53-22-17-21-52(41-53)69-44-70(61-28-16-15-27-60(61)69)64-55(48-31-29-47(30-32-48)46-19-11-10-12-20-46)24-18-25-56(64)49-38-50(66(4,5)6)40-51(39-49)67(7,8)9/h10-42H,43-44H2,1-9H3/i31D,32D,38D,39D,43D2. The Morgan fingerprint density at radius 1 is 0.528 bits per heavy atom. The highest BCUT2D eigenvalue weighted by Gasteiger charge is 2.32. The fourth-order valence-corrected chi connectivity index (χ4v) is 9.82. The van der Waals surface area contributed by atoms with Crippen molar-refractivity contribution in [1.29, 1.82) is 0 Å². The van der Waals surface area contributed by atoms with Crippen LogP contribution in [0.25, 0.3) is 61.0 Å². The van der Waals surface area contributed by atoms with E-state index in [1.807, 2.05) is 142 Å². The van der Waals surface area contributed by atoms with E-state index in [4.69, 9.17) is 12.5 Å². The molecule has 11 rings (SSSR count). The first kappa shape index (κ1) is 39.8. The first-order chi connectivity index (χ1) is 37.0. The van der Waals surface area contributed by atoms with Gasteiger partial charge in [-0.15, -0.1) is 0 Å². The number of hydrogen-bond donors (Lipinski definition) is 0. The summed E-state index contributed by atoms with van der Waals surface area (Å²) >= 11 is 0. The van der Waals surface area contributed by atoms with E-state index < -0.39 is 22.6 Å². The Bertz CT molecular complexity index is 3920. The van der Waals surface area contributed by atoms with Gasteiger partial charge in [0.05, 0.1) is 33.6 Å². The van der Waals surface area contributed by atoms with Gasteiger partial charge in [0.25, 0.3) is 0 Å². The van der Waals surface area contributed by atoms with E-state index in [2.05, 4.69) is 98.4 Å². The summed E-state index contributed by atoms with van der Waals surface area (Å²) in [6, 6.07) is 56.6. The largest absolute Gasteiger partial charge is 0.457 e. The van der Waals surface area contributed by atoms with Gasteiger partial charge in [-0.25, -0.2) is 4.98 Å². The molecule has 0 N–H and O–H groups in total. The van der Waals surface area contributed by atoms with E-state index in [9.17, 15) is 5.48 Å². The number of benzene rings is 8. The van der Waals surface area contributed by atoms with Crippen molar-refractivity contribution in [2.45, 2.75) is 79.5 Å². The molecule has 0 fully saturated rings. The second-order valence-electron chi connectivity index (χ2n) is 22.0. The zero-order chi connectivity index (χ0) is 55.2. The minimum absolute atomic E-state index is 0.205. The van der Waals surface area contributed by atoms with Crippen LogP contribution in [0.5, 0.6) is 11.5 Å². The van der Waals surface area contributed by atoms with Gasteiger partial charge in [-0.3, -0.25) is 4.57 Å². The number of ether oxygens (including phenoxy) is 1. The summed E-state index contributed by atoms with van der Waals surface area (Å²) in [5, 5.41) is 2.06. The van der Waals surface area contributed by atoms with E-state index in [-0.39, 0.29) is 24.2 Å². The average molecular weight is 947 g/mol. The highest BCUT2D eigenvalue weighted by Crippen LogP contribution is 2.51. The molecule has 5 nitrogen and oxygen atoms in total. The molecule has 0 aliphatic carbocycles. The van der Waals surface area contributed by atoms with E-state index >= 15 is 0 Å². The van der Waals surface area contributed by atoms with Crippen molar-refractivity contribution in [1.82, 2.24) is 9.55 Å². The van der Waals surface area contributed by atoms with Crippen molar-refractivity contribution in [3.05, 3.63) is 217 Å². The lowest BCUT2D eigenvalue weighted by Crippen LogP contribution is -2.25. The summed E-state index contributed by atoms with van der Waals surface area (Å²) in [6.07, 6.45) is 0.0749. The van der Waals surface area contributed by atoms with Crippen LogP contribution in [-0.2, 0) is 17.2 Å². The van der Waals surface area contributed by atoms with Gasteiger partial charge < -0.3 is 14.5 Å². The van der Waals surface area contributed by atoms with Crippen molar-refractivity contribution < 1.29 is 13.0 Å². The molecule has 72 heavy (non-hydrogen) atoms. The van der Waals surface area contributed by atoms with Crippen LogP contribution < -0.4 is 14.5 Å². The summed E-state index contributed by atoms with van der Waals surface area (Å²) < 4.78 is 66.3. The lowest BCUT2D eigenvalue weighted by atomic mass is 9.78. The van der Waals surface area contributed by atoms with E-state index in [1.54, 1.807) is 12.3 Å². The van der Waals surface area contributed by atoms with Gasteiger partial charge in [0.15, 0.2) is 0 Å². The van der Waals surface area contributed by atoms with Gasteiger partial charge >= 0.3 is 0 Å². The third-order valence-corrected chi connectivity index (χ3v) is 13.4. The Hall–Kier alpha value is -7.89. The third kappa shape index (κ3) is 9.05. The maximum atomic E-state index is 9.99. The number of aromatic nitrogens is 2. The summed E-state index contributed by atoms with van der Waals surface area (Å²) in [6.45, 7) is 18.7. The molecule has 0 unspecified atom stereocenters. The summed E-state index contributed by atoms with van der Waals surface area (Å²) in [4.78, 5) is 9.26. The van der Waals surface area contributed by atoms with Crippen LogP contribution in [-0.4, -0.2) is 16.2 Å². The van der Waals surface area contributed by atoms with Crippen molar-refractivity contribution in [2.75, 3.05) is 16.5 Å². The lowest BCUT2D eigenvalue weighted by molar-refractivity contribution is 0.411. The van der Waals surface area contributed by atoms with E-state index in [0.29, 0.717) is 57.5 Å². The average Bonchev–Trinajstić information content (AvgIpc) is 4.05. The number of hydrogen-bond acceptors (Lipinski definition) is 4. The molecule has 8 aromatic carbocycles. The van der Waals surface area contributed by atoms with Crippen LogP contribution >= 0.6 is 0 Å². The number of para-hydroxylation sites is 4. The number of nitrogens with zero attached hydrogens (tertiary/aromatic N) is 4. The second-order valence-corrected chi connectivity index (χ2v) is 22.0. The molecule has 3 heterocycles. The number of anilines is 4. The van der Waals surface area contributed by atoms with E-state index in [1.165, 1.54) is 0 Å². The minimum atomic E-state index is -1.61. The minimum Gasteiger partial charge on any atom is -0.457 e. The molecule has 0 atom stereocenters. The molecule has 0 saturated heterocycles. The molecule has 0 amide bonds. The van der Waals surface area contributed by atoms with Crippen LogP contribution in [0.15, 0.2) is 200 Å². The zero-order valence-electron chi connectivity index (χ0n) is 48.6. The summed E-state index contributed by atoms with van der Waals surface area (Å²) in [7, 11) is 0. The highest BCUT2D eigenvalue weighted by molar-refractivity contribution is 6.09. The topological polar surface area (TPSA) is 33.5 Å². The molecule has 0 bridgehead atoms. The third-order valence-electron chi connectivity index (χ3n) is 13.4. The van der Waals surface area contributed by atoms with Gasteiger partial charge in [-0.2, -0.15) is 0 Å². The molecular formula is C67H64N4O. The molecule has 358 valence electrons. The number of fused-ring (bicyclic) bond motifs is 4. The fourth-order valence-electron chi connectivity index (χ4n) is 9.82. The summed E-state index contributed by atoms with van der Waals surface area (Å²) in [5.41, 5.74) is 10.0. The van der Waals surface area contributed by atoms with Gasteiger partial charge in [0.1, 0.15) is 24.0 Å². The maximum Gasteiger partial charge on any atom is 0.137 e. The Labute approximate surface area is 434 Å². The Kier molecular flexibility index (Phi) is 9.98. The van der Waals surface area contributed by atoms with Gasteiger partial charge in [-0.1, -0.05) is 190 Å². The molecule has 5 heteroatoms. The van der Waals surface area contributed by atoms with Crippen LogP contribution in [0.1, 0.15) is 87.2 Å². The molecule has 10 aromatic rings. The Morgan fingerprint density at radius 3 is 1.85 bits per heavy atom. The van der Waals surface area contributed by atoms with Crippen LogP contribution in [0, 0.1) is 5.41 Å². The molecular weight excluding hydrogens is 877 g/mol. The monoisotopic (exact) mass is 947 g/mol. The quantitative estimate of drug-likeness (QED) is 0.144. The van der Waals surface area contributed by atoms with E-state index in [0.717, 1.165) is 61.1 Å². The number of pyridine rings is 1. The Morgan fingerprint density at radius 2 is 1.14 bits per heavy atom. The molecule has 2 aromatic heterocycles. The SMILES string of the molecule is [2H]c1cc(-c2ccccc2)cc([2H])c1-c1cccc(-c2c([2H])c(C(C)(C)C)cc(C(C)(C)C)c2[2H])c1N1CN(c2cccc(Oc3ccc4c5ccccc5n(-c5cc(C([2H])([2H])C(C)(C)C)ccn5)c4c3)c2)c2ccccc21. The molecule has 0 saturated carbocycles. The van der Waals surface area contributed by atoms with Gasteiger partial charge in [0, 0.05) is 48.7 Å². The van der Waals surface area contributed by atoms with Crippen LogP contribution in [0.2, 0.25) is 0 Å².